The maximum absolute atomic E-state index is 12.7. The summed E-state index contributed by atoms with van der Waals surface area (Å²) in [6, 6.07) is 10.1. The molecule has 2 aromatic heterocycles. The summed E-state index contributed by atoms with van der Waals surface area (Å²) in [7, 11) is 1.60. The van der Waals surface area contributed by atoms with Gasteiger partial charge in [-0.15, -0.1) is 11.3 Å². The Hall–Kier alpha value is -2.16. The van der Waals surface area contributed by atoms with Crippen molar-refractivity contribution in [2.24, 2.45) is 0 Å². The number of aryl methyl sites for hydroxylation is 1. The largest absolute Gasteiger partial charge is 0.383 e. The third kappa shape index (κ3) is 3.85. The van der Waals surface area contributed by atoms with Gasteiger partial charge in [-0.25, -0.2) is 4.98 Å². The summed E-state index contributed by atoms with van der Waals surface area (Å²) >= 11 is 2.68. The van der Waals surface area contributed by atoms with Crippen LogP contribution in [0.25, 0.3) is 10.2 Å². The average molecular weight is 416 g/mol. The highest BCUT2D eigenvalue weighted by Crippen LogP contribution is 2.31. The molecule has 0 bridgehead atoms. The van der Waals surface area contributed by atoms with E-state index in [9.17, 15) is 9.59 Å². The van der Waals surface area contributed by atoms with Crippen LogP contribution < -0.4 is 10.9 Å². The molecule has 0 aliphatic heterocycles. The molecule has 0 unspecified atom stereocenters. The van der Waals surface area contributed by atoms with Crippen molar-refractivity contribution in [2.45, 2.75) is 30.6 Å². The van der Waals surface area contributed by atoms with Crippen molar-refractivity contribution in [3.05, 3.63) is 57.2 Å². The monoisotopic (exact) mass is 415 g/mol. The van der Waals surface area contributed by atoms with Crippen molar-refractivity contribution in [3.8, 4) is 0 Å². The molecule has 4 rings (SSSR count). The van der Waals surface area contributed by atoms with Crippen molar-refractivity contribution < 1.29 is 9.53 Å². The first-order chi connectivity index (χ1) is 13.7. The van der Waals surface area contributed by atoms with E-state index in [0.29, 0.717) is 28.5 Å². The number of thioether (sulfide) groups is 1. The molecule has 0 saturated heterocycles. The summed E-state index contributed by atoms with van der Waals surface area (Å²) < 4.78 is 7.36. The summed E-state index contributed by atoms with van der Waals surface area (Å²) in [6.45, 7) is 0.827. The zero-order valence-electron chi connectivity index (χ0n) is 15.5. The smallest absolute Gasteiger partial charge is 0.272 e. The van der Waals surface area contributed by atoms with Crippen LogP contribution in [0.15, 0.2) is 45.7 Å². The minimum absolute atomic E-state index is 0.0512. The number of thiophene rings is 1. The van der Waals surface area contributed by atoms with Crippen LogP contribution in [0.2, 0.25) is 0 Å². The first kappa shape index (κ1) is 19.2. The van der Waals surface area contributed by atoms with Gasteiger partial charge in [-0.1, -0.05) is 36.0 Å². The van der Waals surface area contributed by atoms with Crippen molar-refractivity contribution in [3.63, 3.8) is 0 Å². The lowest BCUT2D eigenvalue weighted by Gasteiger charge is -2.15. The molecule has 1 N–H and O–H groups in total. The molecular weight excluding hydrogens is 394 g/mol. The zero-order chi connectivity index (χ0) is 19.5. The molecule has 1 aromatic carbocycles. The Labute approximate surface area is 170 Å². The van der Waals surface area contributed by atoms with Crippen LogP contribution in [0.5, 0.6) is 0 Å². The van der Waals surface area contributed by atoms with Gasteiger partial charge in [-0.3, -0.25) is 14.2 Å². The Morgan fingerprint density at radius 1 is 1.39 bits per heavy atom. The lowest BCUT2D eigenvalue weighted by molar-refractivity contribution is -0.119. The Morgan fingerprint density at radius 3 is 3.11 bits per heavy atom. The second-order valence-corrected chi connectivity index (χ2v) is 8.48. The summed E-state index contributed by atoms with van der Waals surface area (Å²) in [5.74, 6) is 0.165. The standard InChI is InChI=1S/C20H21N3O3S2/c1-26-10-9-23-19(25)18-16(8-11-27-18)22-20(23)28-12-17(24)21-15-7-6-13-4-2-3-5-14(13)15/h2-5,8,11,15H,6-7,9-10,12H2,1H3,(H,21,24)/t15-/m1/s1. The molecule has 0 spiro atoms. The molecule has 0 fully saturated rings. The third-order valence-electron chi connectivity index (χ3n) is 4.85. The van der Waals surface area contributed by atoms with Crippen LogP contribution in [-0.2, 0) is 22.5 Å². The fraction of sp³-hybridized carbons (Fsp3) is 0.350. The van der Waals surface area contributed by atoms with Crippen molar-refractivity contribution >= 4 is 39.2 Å². The van der Waals surface area contributed by atoms with Gasteiger partial charge >= 0.3 is 0 Å². The van der Waals surface area contributed by atoms with E-state index in [1.54, 1.807) is 11.7 Å². The van der Waals surface area contributed by atoms with Gasteiger partial charge in [-0.2, -0.15) is 0 Å². The molecule has 1 aliphatic rings. The number of amides is 1. The Balaban J connectivity index is 1.47. The minimum atomic E-state index is -0.0790. The molecule has 2 heterocycles. The maximum atomic E-state index is 12.7. The molecule has 6 nitrogen and oxygen atoms in total. The molecule has 1 aliphatic carbocycles. The number of benzene rings is 1. The molecule has 28 heavy (non-hydrogen) atoms. The molecule has 3 aromatic rings. The highest BCUT2D eigenvalue weighted by atomic mass is 32.2. The molecule has 0 saturated carbocycles. The van der Waals surface area contributed by atoms with Gasteiger partial charge in [0.05, 0.1) is 30.5 Å². The highest BCUT2D eigenvalue weighted by Gasteiger charge is 2.23. The predicted molar refractivity (Wildman–Crippen MR) is 112 cm³/mol. The van der Waals surface area contributed by atoms with Crippen LogP contribution in [0.4, 0.5) is 0 Å². The van der Waals surface area contributed by atoms with Gasteiger partial charge < -0.3 is 10.1 Å². The number of fused-ring (bicyclic) bond motifs is 2. The summed E-state index contributed by atoms with van der Waals surface area (Å²) in [5.41, 5.74) is 3.11. The summed E-state index contributed by atoms with van der Waals surface area (Å²) in [5, 5.41) is 5.53. The van der Waals surface area contributed by atoms with E-state index < -0.39 is 0 Å². The SMILES string of the molecule is COCCn1c(SCC(=O)N[C@@H]2CCc3ccccc32)nc2ccsc2c1=O. The highest BCUT2D eigenvalue weighted by molar-refractivity contribution is 7.99. The predicted octanol–water partition coefficient (Wildman–Crippen LogP) is 3.00. The number of nitrogens with one attached hydrogen (secondary N) is 1. The summed E-state index contributed by atoms with van der Waals surface area (Å²) in [6.07, 6.45) is 1.91. The molecule has 0 radical (unpaired) electrons. The lowest BCUT2D eigenvalue weighted by Crippen LogP contribution is -2.29. The van der Waals surface area contributed by atoms with Gasteiger partial charge in [0, 0.05) is 7.11 Å². The number of ether oxygens (including phenoxy) is 1. The second kappa shape index (κ2) is 8.46. The van der Waals surface area contributed by atoms with E-state index in [1.807, 2.05) is 23.6 Å². The molecule has 1 atom stereocenters. The molecule has 8 heteroatoms. The minimum Gasteiger partial charge on any atom is -0.383 e. The molecule has 1 amide bonds. The third-order valence-corrected chi connectivity index (χ3v) is 6.72. The number of rotatable bonds is 7. The topological polar surface area (TPSA) is 73.2 Å². The fourth-order valence-corrected chi connectivity index (χ4v) is 5.10. The van der Waals surface area contributed by atoms with E-state index in [1.165, 1.54) is 34.2 Å². The van der Waals surface area contributed by atoms with Crippen molar-refractivity contribution in [1.82, 2.24) is 14.9 Å². The Kier molecular flexibility index (Phi) is 5.79. The van der Waals surface area contributed by atoms with Crippen LogP contribution in [-0.4, -0.2) is 34.9 Å². The Bertz CT molecular complexity index is 1060. The summed E-state index contributed by atoms with van der Waals surface area (Å²) in [4.78, 5) is 29.9. The van der Waals surface area contributed by atoms with Crippen LogP contribution in [0, 0.1) is 0 Å². The number of carbonyl (C=O) groups is 1. The van der Waals surface area contributed by atoms with Crippen LogP contribution >= 0.6 is 23.1 Å². The Morgan fingerprint density at radius 2 is 2.25 bits per heavy atom. The number of hydrogen-bond donors (Lipinski definition) is 1. The number of nitrogens with zero attached hydrogens (tertiary/aromatic N) is 2. The molecular formula is C20H21N3O3S2. The normalized spacial score (nSPS) is 15.7. The van der Waals surface area contributed by atoms with E-state index in [2.05, 4.69) is 22.4 Å². The van der Waals surface area contributed by atoms with Crippen LogP contribution in [0.1, 0.15) is 23.6 Å². The van der Waals surface area contributed by atoms with E-state index in [-0.39, 0.29) is 23.3 Å². The second-order valence-electron chi connectivity index (χ2n) is 6.63. The first-order valence-electron chi connectivity index (χ1n) is 9.14. The van der Waals surface area contributed by atoms with Crippen molar-refractivity contribution in [1.29, 1.82) is 0 Å². The maximum Gasteiger partial charge on any atom is 0.272 e. The first-order valence-corrected chi connectivity index (χ1v) is 11.0. The van der Waals surface area contributed by atoms with Gasteiger partial charge in [0.1, 0.15) is 4.70 Å². The van der Waals surface area contributed by atoms with E-state index in [0.717, 1.165) is 12.8 Å². The van der Waals surface area contributed by atoms with E-state index >= 15 is 0 Å². The van der Waals surface area contributed by atoms with E-state index in [4.69, 9.17) is 4.74 Å². The number of hydrogen-bond acceptors (Lipinski definition) is 6. The van der Waals surface area contributed by atoms with Gasteiger partial charge in [0.2, 0.25) is 5.91 Å². The van der Waals surface area contributed by atoms with Gasteiger partial charge in [-0.05, 0) is 35.4 Å². The van der Waals surface area contributed by atoms with Gasteiger partial charge in [0.15, 0.2) is 5.16 Å². The fourth-order valence-electron chi connectivity index (χ4n) is 3.49. The number of carbonyl (C=O) groups excluding carboxylic acids is 1. The number of methoxy groups -OCH3 is 1. The molecule has 146 valence electrons. The zero-order valence-corrected chi connectivity index (χ0v) is 17.1. The quantitative estimate of drug-likeness (QED) is 0.474. The van der Waals surface area contributed by atoms with Crippen LogP contribution in [0.3, 0.4) is 0 Å². The average Bonchev–Trinajstić information content (AvgIpc) is 3.33. The number of aromatic nitrogens is 2. The lowest BCUT2D eigenvalue weighted by atomic mass is 10.1. The van der Waals surface area contributed by atoms with Gasteiger partial charge in [0.25, 0.3) is 5.56 Å². The van der Waals surface area contributed by atoms with Crippen molar-refractivity contribution in [2.75, 3.05) is 19.5 Å².